The summed E-state index contributed by atoms with van der Waals surface area (Å²) in [6.07, 6.45) is 5.31. The van der Waals surface area contributed by atoms with E-state index in [4.69, 9.17) is 33.1 Å². The molecule has 6 heterocycles. The van der Waals surface area contributed by atoms with Gasteiger partial charge in [-0.25, -0.2) is 15.2 Å². The molecule has 2 amide bonds. The molecule has 5 bridgehead atoms. The summed E-state index contributed by atoms with van der Waals surface area (Å²) in [5.41, 5.74) is -0.720. The van der Waals surface area contributed by atoms with Crippen molar-refractivity contribution in [2.75, 3.05) is 56.7 Å². The zero-order chi connectivity index (χ0) is 60.4. The van der Waals surface area contributed by atoms with Crippen molar-refractivity contribution < 1.29 is 67.7 Å². The maximum absolute atomic E-state index is 15.3. The summed E-state index contributed by atoms with van der Waals surface area (Å²) in [6, 6.07) is 5.92. The number of esters is 2. The van der Waals surface area contributed by atoms with Crippen LogP contribution in [-0.4, -0.2) is 141 Å². The summed E-state index contributed by atoms with van der Waals surface area (Å²) in [5.74, 6) is -9.44. The molecule has 0 saturated carbocycles. The molecule has 5 aromatic rings. The lowest BCUT2D eigenvalue weighted by molar-refractivity contribution is -0.160. The highest BCUT2D eigenvalue weighted by molar-refractivity contribution is 6.35. The lowest BCUT2D eigenvalue weighted by Crippen LogP contribution is -2.47. The number of piperazine rings is 1. The minimum atomic E-state index is -2.08. The van der Waals surface area contributed by atoms with Crippen molar-refractivity contribution in [1.82, 2.24) is 20.3 Å². The van der Waals surface area contributed by atoms with Crippen molar-refractivity contribution in [3.05, 3.63) is 110 Å². The number of carbonyl (C=O) groups excluding carboxylic acids is 4. The molecule has 2 aromatic heterocycles. The number of nitrogens with zero attached hydrogens (tertiary/aromatic N) is 5. The van der Waals surface area contributed by atoms with Gasteiger partial charge in [-0.1, -0.05) is 59.8 Å². The third kappa shape index (κ3) is 12.6. The molecule has 23 nitrogen and oxygen atoms in total. The van der Waals surface area contributed by atoms with Crippen LogP contribution in [-0.2, 0) is 33.3 Å². The normalized spacial score (nSPS) is 26.3. The van der Waals surface area contributed by atoms with Gasteiger partial charge in [-0.2, -0.15) is 5.10 Å². The largest absolute Gasteiger partial charge is 0.507 e. The maximum Gasteiger partial charge on any atom is 0.354 e. The van der Waals surface area contributed by atoms with Crippen molar-refractivity contribution >= 4 is 79.6 Å². The molecule has 1 saturated heterocycles. The summed E-state index contributed by atoms with van der Waals surface area (Å²) >= 11 is 0. The van der Waals surface area contributed by atoms with Crippen LogP contribution in [0.4, 0.5) is 11.4 Å². The third-order valence-electron chi connectivity index (χ3n) is 15.6. The highest BCUT2D eigenvalue weighted by atomic mass is 16.7. The van der Waals surface area contributed by atoms with Crippen molar-refractivity contribution in [3.8, 4) is 11.5 Å². The first-order chi connectivity index (χ1) is 39.3. The van der Waals surface area contributed by atoms with Crippen LogP contribution < -0.4 is 36.5 Å². The molecule has 9 rings (SSSR count). The average Bonchev–Trinajstić information content (AvgIpc) is 2.78. The van der Waals surface area contributed by atoms with E-state index in [1.54, 1.807) is 33.8 Å². The van der Waals surface area contributed by atoms with Crippen LogP contribution in [0.2, 0.25) is 0 Å². The minimum absolute atomic E-state index is 0.0349. The Morgan fingerprint density at radius 3 is 2.30 bits per heavy atom. The Morgan fingerprint density at radius 1 is 0.940 bits per heavy atom. The third-order valence-corrected chi connectivity index (χ3v) is 15.6. The van der Waals surface area contributed by atoms with Gasteiger partial charge in [-0.3, -0.25) is 33.9 Å². The van der Waals surface area contributed by atoms with Crippen LogP contribution in [0.25, 0.3) is 38.7 Å². The zero-order valence-electron chi connectivity index (χ0n) is 48.2. The van der Waals surface area contributed by atoms with Crippen LogP contribution >= 0.6 is 0 Å². The number of aliphatic hydroxyl groups is 3. The average molecular weight is 1150 g/mol. The number of methoxy groups -OCH3 is 1. The number of nitrogens with one attached hydrogen (secondary N) is 2. The fraction of sp³-hybridized carbons (Fsp3) is 0.450. The van der Waals surface area contributed by atoms with E-state index >= 15 is 4.79 Å². The van der Waals surface area contributed by atoms with E-state index < -0.39 is 118 Å². The van der Waals surface area contributed by atoms with Gasteiger partial charge in [0.2, 0.25) is 10.9 Å². The first-order valence-corrected chi connectivity index (χ1v) is 27.4. The molecule has 442 valence electrons. The number of rotatable bonds is 10. The van der Waals surface area contributed by atoms with Crippen molar-refractivity contribution in [3.63, 3.8) is 0 Å². The molecule has 83 heavy (non-hydrogen) atoms. The van der Waals surface area contributed by atoms with Gasteiger partial charge in [0.15, 0.2) is 22.4 Å². The quantitative estimate of drug-likeness (QED) is 0.0350. The number of aromatic nitrogens is 2. The van der Waals surface area contributed by atoms with Crippen LogP contribution in [0, 0.1) is 36.5 Å². The highest BCUT2D eigenvalue weighted by Gasteiger charge is 2.44. The number of hydrazone groups is 1. The number of hydrogen-bond donors (Lipinski definition) is 6. The number of phenols is 1. The lowest BCUT2D eigenvalue weighted by Gasteiger charge is -2.38. The number of phenolic OH excluding ortho intramolecular Hbond substituents is 1. The maximum atomic E-state index is 15.3. The van der Waals surface area contributed by atoms with E-state index in [0.717, 1.165) is 19.6 Å². The summed E-state index contributed by atoms with van der Waals surface area (Å²) in [6.45, 7) is 19.0. The number of hydrogen-bond acceptors (Lipinski definition) is 21. The van der Waals surface area contributed by atoms with E-state index in [0.29, 0.717) is 24.7 Å². The second kappa shape index (κ2) is 25.1. The summed E-state index contributed by atoms with van der Waals surface area (Å²) in [5, 5.41) is 53.7. The smallest absolute Gasteiger partial charge is 0.354 e. The van der Waals surface area contributed by atoms with E-state index in [1.165, 1.54) is 96.0 Å². The number of aromatic hydroxyl groups is 1. The molecule has 6 N–H and O–H groups in total. The van der Waals surface area contributed by atoms with Gasteiger partial charge in [0.1, 0.15) is 41.1 Å². The number of pyridine rings is 1. The first kappa shape index (κ1) is 60.8. The Morgan fingerprint density at radius 2 is 1.64 bits per heavy atom. The number of aliphatic hydroxyl groups excluding tert-OH is 3. The van der Waals surface area contributed by atoms with Gasteiger partial charge in [-0.05, 0) is 38.0 Å². The molecule has 0 radical (unpaired) electrons. The van der Waals surface area contributed by atoms with Gasteiger partial charge < -0.3 is 58.7 Å². The molecule has 3 aromatic carbocycles. The first-order valence-electron chi connectivity index (χ1n) is 27.4. The van der Waals surface area contributed by atoms with Crippen molar-refractivity contribution in [1.29, 1.82) is 0 Å². The van der Waals surface area contributed by atoms with E-state index in [2.05, 4.69) is 39.6 Å². The second-order valence-electron chi connectivity index (χ2n) is 22.0. The van der Waals surface area contributed by atoms with Crippen LogP contribution in [0.15, 0.2) is 91.9 Å². The van der Waals surface area contributed by atoms with Gasteiger partial charge in [0, 0.05) is 124 Å². The summed E-state index contributed by atoms with van der Waals surface area (Å²) in [7, 11) is 1.41. The minimum Gasteiger partial charge on any atom is -0.507 e. The van der Waals surface area contributed by atoms with Gasteiger partial charge in [-0.15, -0.1) is 0 Å². The fourth-order valence-electron chi connectivity index (χ4n) is 10.8. The molecule has 4 aliphatic heterocycles. The molecule has 0 aliphatic carbocycles. The van der Waals surface area contributed by atoms with E-state index in [9.17, 15) is 44.4 Å². The Bertz CT molecular complexity index is 3650. The van der Waals surface area contributed by atoms with Crippen LogP contribution in [0.1, 0.15) is 78.2 Å². The number of benzene rings is 3. The molecule has 4 aliphatic rings. The number of anilines is 2. The topological polar surface area (TPSA) is 311 Å². The zero-order valence-corrected chi connectivity index (χ0v) is 48.2. The Kier molecular flexibility index (Phi) is 18.4. The van der Waals surface area contributed by atoms with Crippen molar-refractivity contribution in [2.24, 2.45) is 34.7 Å². The second-order valence-corrected chi connectivity index (χ2v) is 22.0. The molecule has 23 heteroatoms. The van der Waals surface area contributed by atoms with E-state index in [-0.39, 0.29) is 61.0 Å². The van der Waals surface area contributed by atoms with Gasteiger partial charge in [0.05, 0.1) is 40.8 Å². The number of carbonyl (C=O) groups is 4. The standard InChI is InChI=1S/C60H71N7O16/c1-29(2)27-66-20-22-67(23-21-66)39-25-40(69)46-42(26-39)82-55-47(62-46)43-44-51(72)34(7)54-45(43)56(74)60(10,83-54)80-24-17-41(78-11)31(4)53(81-36(9)68)33(6)50(71)32(5)49(70)30(3)13-12-14-38(57(75)63-48(55)52(44)73)28-79-59(77)35(8)64-65-58(76)37-15-18-61-19-16-37/h12-19,24-26,29-33,41,49-50,53,70-72,74H,20-23,27-28H2,1-11H3,(H,63,75)(H,65,76)/b13-12+,24-17+,38-14-,64-35-. The number of amides is 2. The van der Waals surface area contributed by atoms with Gasteiger partial charge >= 0.3 is 17.7 Å². The number of fused-ring (bicyclic) bond motifs is 14. The highest BCUT2D eigenvalue weighted by Crippen LogP contribution is 2.42. The molecule has 1 fully saturated rings. The SMILES string of the molecule is COC1/C=C/OC2(C)Oc3c(C)c(O)c4c(=O)c(c5oc6cc(N7CCN(CC(C)C)CC7)cc(=O)c6nc5c4c3=C2O)NC(=O)/C(COC(=O)/C(C)=N\NC(=O)c2ccncc2)=C\C=C\C(C)C(O)C(C)C(O)C(C)C(OC(C)=O)C1C. The Balaban J connectivity index is 1.32. The van der Waals surface area contributed by atoms with Crippen LogP contribution in [0.5, 0.6) is 11.5 Å². The molecule has 9 atom stereocenters. The summed E-state index contributed by atoms with van der Waals surface area (Å²) in [4.78, 5) is 96.4. The van der Waals surface area contributed by atoms with Crippen molar-refractivity contribution in [2.45, 2.75) is 99.4 Å². The monoisotopic (exact) mass is 1150 g/mol. The fourth-order valence-corrected chi connectivity index (χ4v) is 10.8. The van der Waals surface area contributed by atoms with E-state index in [1.807, 2.05) is 4.90 Å². The number of ether oxygens (including phenoxy) is 5. The molecule has 0 spiro atoms. The van der Waals surface area contributed by atoms with Crippen LogP contribution in [0.3, 0.4) is 0 Å². The van der Waals surface area contributed by atoms with Gasteiger partial charge in [0.25, 0.3) is 11.8 Å². The summed E-state index contributed by atoms with van der Waals surface area (Å²) < 4.78 is 36.3. The Labute approximate surface area is 477 Å². The molecular formula is C60H71N7O16. The number of allylic oxidation sites excluding steroid dienone is 2. The lowest BCUT2D eigenvalue weighted by atomic mass is 9.78. The predicted molar refractivity (Wildman–Crippen MR) is 309 cm³/mol. The molecular weight excluding hydrogens is 1070 g/mol. The molecule has 9 unspecified atom stereocenters. The predicted octanol–water partition coefficient (Wildman–Crippen LogP) is 5.06. The Hall–Kier alpha value is -8.25.